The monoisotopic (exact) mass is 389 g/mol. The predicted molar refractivity (Wildman–Crippen MR) is 108 cm³/mol. The largest absolute Gasteiger partial charge is 0.369 e. The lowest BCUT2D eigenvalue weighted by Gasteiger charge is -2.43. The number of dihydropyridines is 1. The van der Waals surface area contributed by atoms with Crippen LogP contribution in [0.2, 0.25) is 0 Å². The second-order valence-corrected chi connectivity index (χ2v) is 8.80. The summed E-state index contributed by atoms with van der Waals surface area (Å²) in [5, 5.41) is 11.5. The quantitative estimate of drug-likeness (QED) is 0.693. The summed E-state index contributed by atoms with van der Waals surface area (Å²) in [7, 11) is 0. The lowest BCUT2D eigenvalue weighted by Crippen LogP contribution is -2.51. The number of nitrogens with zero attached hydrogens (tertiary/aromatic N) is 2. The van der Waals surface area contributed by atoms with Gasteiger partial charge in [0.25, 0.3) is 0 Å². The molecular weight excluding hydrogens is 362 g/mol. The minimum absolute atomic E-state index is 0.165. The van der Waals surface area contributed by atoms with E-state index in [0.717, 1.165) is 38.0 Å². The summed E-state index contributed by atoms with van der Waals surface area (Å²) < 4.78 is 0. The van der Waals surface area contributed by atoms with Crippen molar-refractivity contribution in [2.45, 2.75) is 57.4 Å². The van der Waals surface area contributed by atoms with Gasteiger partial charge in [0.1, 0.15) is 5.82 Å². The first kappa shape index (κ1) is 18.5. The van der Waals surface area contributed by atoms with Gasteiger partial charge in [0.2, 0.25) is 5.91 Å². The number of nitrogens with two attached hydrogens (primary N) is 1. The van der Waals surface area contributed by atoms with Crippen molar-refractivity contribution in [3.05, 3.63) is 22.9 Å². The lowest BCUT2D eigenvalue weighted by atomic mass is 9.62. The molecule has 1 aromatic rings. The zero-order chi connectivity index (χ0) is 19.0. The highest BCUT2D eigenvalue weighted by Gasteiger charge is 2.49. The molecule has 4 N–H and O–H groups in total. The van der Waals surface area contributed by atoms with E-state index >= 15 is 0 Å². The second kappa shape index (κ2) is 7.30. The Hall–Kier alpha value is -1.82. The summed E-state index contributed by atoms with van der Waals surface area (Å²) in [4.78, 5) is 16.8. The van der Waals surface area contributed by atoms with Crippen molar-refractivity contribution in [1.82, 2.24) is 10.2 Å². The Labute approximate surface area is 165 Å². The number of aromatic nitrogens is 2. The second-order valence-electron chi connectivity index (χ2n) is 8.36. The van der Waals surface area contributed by atoms with E-state index in [2.05, 4.69) is 26.6 Å². The molecule has 1 aliphatic heterocycles. The summed E-state index contributed by atoms with van der Waals surface area (Å²) in [6.07, 6.45) is 10.1. The van der Waals surface area contributed by atoms with Crippen LogP contribution in [0.5, 0.6) is 0 Å². The van der Waals surface area contributed by atoms with Gasteiger partial charge in [0, 0.05) is 30.4 Å². The molecule has 0 bridgehead atoms. The van der Waals surface area contributed by atoms with Gasteiger partial charge in [0.05, 0.1) is 16.5 Å². The number of hydrogen-bond donors (Lipinski definition) is 3. The van der Waals surface area contributed by atoms with Crippen LogP contribution in [0.3, 0.4) is 0 Å². The number of nitrogens with one attached hydrogen (secondary N) is 2. The number of halogens is 1. The smallest absolute Gasteiger partial charge is 0.229 e. The molecule has 3 aliphatic rings. The number of carbonyl (C=O) groups excluding carboxylic acids is 1. The fraction of sp³-hybridized carbons (Fsp3) is 0.650. The molecule has 4 rings (SSSR count). The van der Waals surface area contributed by atoms with E-state index < -0.39 is 5.41 Å². The van der Waals surface area contributed by atoms with Crippen LogP contribution in [0.1, 0.15) is 57.1 Å². The van der Waals surface area contributed by atoms with Crippen LogP contribution in [0.15, 0.2) is 22.2 Å². The van der Waals surface area contributed by atoms with Gasteiger partial charge in [-0.2, -0.15) is 5.10 Å². The Morgan fingerprint density at radius 2 is 2.07 bits per heavy atom. The molecule has 1 amide bonds. The Balaban J connectivity index is 1.34. The molecule has 146 valence electrons. The fourth-order valence-corrected chi connectivity index (χ4v) is 4.99. The summed E-state index contributed by atoms with van der Waals surface area (Å²) in [5.41, 5.74) is 6.34. The molecule has 2 saturated carbocycles. The molecule has 2 unspecified atom stereocenters. The van der Waals surface area contributed by atoms with Crippen molar-refractivity contribution >= 4 is 29.5 Å². The van der Waals surface area contributed by atoms with Gasteiger partial charge in [-0.05, 0) is 63.4 Å². The fourth-order valence-electron chi connectivity index (χ4n) is 4.75. The molecule has 6 nitrogen and oxygen atoms in total. The van der Waals surface area contributed by atoms with Gasteiger partial charge in [-0.3, -0.25) is 14.9 Å². The highest BCUT2D eigenvalue weighted by Crippen LogP contribution is 2.46. The van der Waals surface area contributed by atoms with Gasteiger partial charge < -0.3 is 11.1 Å². The third-order valence-electron chi connectivity index (χ3n) is 6.63. The molecule has 7 heteroatoms. The molecule has 27 heavy (non-hydrogen) atoms. The van der Waals surface area contributed by atoms with E-state index in [1.165, 1.54) is 18.5 Å². The van der Waals surface area contributed by atoms with Gasteiger partial charge >= 0.3 is 0 Å². The van der Waals surface area contributed by atoms with Crippen LogP contribution in [0, 0.1) is 17.3 Å². The Bertz CT molecular complexity index is 760. The summed E-state index contributed by atoms with van der Waals surface area (Å²) in [5.74, 6) is 2.09. The zero-order valence-electron chi connectivity index (χ0n) is 15.7. The van der Waals surface area contributed by atoms with Crippen molar-refractivity contribution < 1.29 is 4.79 Å². The van der Waals surface area contributed by atoms with E-state index in [4.69, 9.17) is 17.3 Å². The van der Waals surface area contributed by atoms with Gasteiger partial charge in [0.15, 0.2) is 0 Å². The van der Waals surface area contributed by atoms with Gasteiger partial charge in [-0.15, -0.1) is 0 Å². The number of allylic oxidation sites excluding steroid dienone is 1. The van der Waals surface area contributed by atoms with Crippen LogP contribution in [-0.4, -0.2) is 34.9 Å². The molecule has 2 atom stereocenters. The summed E-state index contributed by atoms with van der Waals surface area (Å²) >= 11 is 6.19. The molecule has 1 aromatic heterocycles. The molecule has 2 fully saturated rings. The number of carbonyl (C=O) groups is 1. The number of primary amides is 1. The Morgan fingerprint density at radius 3 is 2.74 bits per heavy atom. The number of amides is 1. The van der Waals surface area contributed by atoms with Crippen molar-refractivity contribution in [3.8, 4) is 0 Å². The van der Waals surface area contributed by atoms with Crippen LogP contribution < -0.4 is 11.1 Å². The number of hydrogen-bond acceptors (Lipinski definition) is 4. The highest BCUT2D eigenvalue weighted by molar-refractivity contribution is 6.39. The maximum atomic E-state index is 12.4. The first-order valence-corrected chi connectivity index (χ1v) is 10.4. The van der Waals surface area contributed by atoms with Crippen molar-refractivity contribution in [2.75, 3.05) is 11.9 Å². The summed E-state index contributed by atoms with van der Waals surface area (Å²) in [6, 6.07) is 1.97. The molecule has 0 radical (unpaired) electrons. The predicted octanol–water partition coefficient (Wildman–Crippen LogP) is 3.57. The Kier molecular flexibility index (Phi) is 5.01. The third kappa shape index (κ3) is 3.64. The topological polar surface area (TPSA) is 96.2 Å². The minimum Gasteiger partial charge on any atom is -0.369 e. The number of anilines is 1. The first-order valence-electron chi connectivity index (χ1n) is 9.99. The number of aromatic amines is 1. The maximum absolute atomic E-state index is 12.4. The van der Waals surface area contributed by atoms with Gasteiger partial charge in [-0.1, -0.05) is 11.6 Å². The Morgan fingerprint density at radius 1 is 1.33 bits per heavy atom. The van der Waals surface area contributed by atoms with Crippen LogP contribution in [-0.2, 0) is 4.79 Å². The van der Waals surface area contributed by atoms with Gasteiger partial charge in [-0.25, -0.2) is 0 Å². The molecule has 2 aliphatic carbocycles. The van der Waals surface area contributed by atoms with Crippen LogP contribution in [0.25, 0.3) is 0 Å². The van der Waals surface area contributed by atoms with E-state index in [0.29, 0.717) is 16.9 Å². The molecule has 0 aromatic carbocycles. The summed E-state index contributed by atoms with van der Waals surface area (Å²) in [6.45, 7) is 2.87. The molecule has 2 heterocycles. The number of aliphatic imine (C=N–C) groups is 1. The van der Waals surface area contributed by atoms with E-state index in [1.807, 2.05) is 13.0 Å². The minimum atomic E-state index is -0.758. The van der Waals surface area contributed by atoms with E-state index in [9.17, 15) is 4.79 Å². The van der Waals surface area contributed by atoms with Crippen molar-refractivity contribution in [2.24, 2.45) is 28.0 Å². The van der Waals surface area contributed by atoms with E-state index in [-0.39, 0.29) is 17.9 Å². The van der Waals surface area contributed by atoms with Crippen LogP contribution in [0.4, 0.5) is 5.82 Å². The average Bonchev–Trinajstić information content (AvgIpc) is 3.40. The zero-order valence-corrected chi connectivity index (χ0v) is 16.5. The SMILES string of the molecule is CC1N=CC(Cl)=CC1(C(N)=O)C1CCC(CNc2cc(C3CC3)[nH]n2)CC1. The number of H-pyrrole nitrogens is 1. The van der Waals surface area contributed by atoms with E-state index in [1.54, 1.807) is 6.21 Å². The first-order chi connectivity index (χ1) is 13.0. The molecular formula is C20H28ClN5O. The maximum Gasteiger partial charge on any atom is 0.229 e. The van der Waals surface area contributed by atoms with Crippen molar-refractivity contribution in [1.29, 1.82) is 0 Å². The number of rotatable bonds is 6. The molecule has 0 saturated heterocycles. The normalized spacial score (nSPS) is 33.6. The lowest BCUT2D eigenvalue weighted by molar-refractivity contribution is -0.129. The standard InChI is InChI=1S/C20H28ClN5O/c1-12-20(19(22)27,9-16(21)11-23-12)15-6-2-13(3-7-15)10-24-18-8-17(25-26-18)14-4-5-14/h8-9,11-15H,2-7,10H2,1H3,(H2,22,27)(H2,24,25,26). The highest BCUT2D eigenvalue weighted by atomic mass is 35.5. The van der Waals surface area contributed by atoms with Crippen LogP contribution >= 0.6 is 11.6 Å². The van der Waals surface area contributed by atoms with Crippen molar-refractivity contribution in [3.63, 3.8) is 0 Å². The molecule has 0 spiro atoms. The third-order valence-corrected chi connectivity index (χ3v) is 6.83. The average molecular weight is 390 g/mol.